The van der Waals surface area contributed by atoms with E-state index in [9.17, 15) is 13.5 Å². The molecular weight excluding hydrogens is 382 g/mol. The lowest BCUT2D eigenvalue weighted by Crippen LogP contribution is -2.29. The number of benzene rings is 2. The molecule has 2 aromatic carbocycles. The van der Waals surface area contributed by atoms with E-state index in [0.29, 0.717) is 11.3 Å². The van der Waals surface area contributed by atoms with Crippen molar-refractivity contribution in [3.05, 3.63) is 95.6 Å². The molecule has 0 heterocycles. The van der Waals surface area contributed by atoms with Crippen molar-refractivity contribution in [3.63, 3.8) is 0 Å². The molecule has 0 spiro atoms. The fraction of sp³-hybridized carbons (Fsp3) is 0.208. The Balaban J connectivity index is 0.000000755. The molecule has 2 unspecified atom stereocenters. The lowest BCUT2D eigenvalue weighted by molar-refractivity contribution is 0.332. The van der Waals surface area contributed by atoms with Gasteiger partial charge in [0.25, 0.3) is 0 Å². The minimum absolute atomic E-state index is 0.0843. The van der Waals surface area contributed by atoms with Gasteiger partial charge in [-0.05, 0) is 40.8 Å². The Labute approximate surface area is 172 Å². The largest absolute Gasteiger partial charge is 0.392 e. The molecule has 0 saturated carbocycles. The van der Waals surface area contributed by atoms with Crippen molar-refractivity contribution >= 4 is 15.4 Å². The predicted molar refractivity (Wildman–Crippen MR) is 114 cm³/mol. The van der Waals surface area contributed by atoms with Crippen LogP contribution in [0.1, 0.15) is 18.9 Å². The van der Waals surface area contributed by atoms with Crippen LogP contribution in [0.3, 0.4) is 0 Å². The molecule has 2 aliphatic carbocycles. The highest BCUT2D eigenvalue weighted by molar-refractivity contribution is 7.92. The van der Waals surface area contributed by atoms with Gasteiger partial charge >= 0.3 is 0 Å². The van der Waals surface area contributed by atoms with E-state index in [0.717, 1.165) is 22.3 Å². The fourth-order valence-corrected chi connectivity index (χ4v) is 5.99. The topological polar surface area (TPSA) is 78.2 Å². The number of sulfone groups is 1. The lowest BCUT2D eigenvalue weighted by Gasteiger charge is -2.26. The molecule has 148 valence electrons. The zero-order valence-corrected chi connectivity index (χ0v) is 17.0. The first kappa shape index (κ1) is 20.8. The molecule has 29 heavy (non-hydrogen) atoms. The van der Waals surface area contributed by atoms with Gasteiger partial charge < -0.3 is 5.11 Å². The molecule has 5 heteroatoms. The summed E-state index contributed by atoms with van der Waals surface area (Å²) >= 11 is 0. The first-order valence-electron chi connectivity index (χ1n) is 9.41. The highest BCUT2D eigenvalue weighted by Crippen LogP contribution is 2.46. The third-order valence-electron chi connectivity index (χ3n) is 5.15. The summed E-state index contributed by atoms with van der Waals surface area (Å²) in [6, 6.07) is 20.1. The van der Waals surface area contributed by atoms with Gasteiger partial charge in [-0.15, -0.1) is 0 Å². The zero-order valence-electron chi connectivity index (χ0n) is 16.2. The Morgan fingerprint density at radius 2 is 1.66 bits per heavy atom. The third-order valence-corrected chi connectivity index (χ3v) is 7.33. The van der Waals surface area contributed by atoms with E-state index in [1.165, 1.54) is 6.92 Å². The molecule has 0 aromatic heterocycles. The van der Waals surface area contributed by atoms with Gasteiger partial charge in [0, 0.05) is 12.8 Å². The molecule has 0 fully saturated rings. The van der Waals surface area contributed by atoms with Crippen LogP contribution in [0.15, 0.2) is 94.9 Å². The number of fused-ring (bicyclic) bond motifs is 1. The summed E-state index contributed by atoms with van der Waals surface area (Å²) < 4.78 is 27.0. The summed E-state index contributed by atoms with van der Waals surface area (Å²) in [7, 11) is -3.56. The number of hydrogen-bond acceptors (Lipinski definition) is 4. The van der Waals surface area contributed by atoms with Gasteiger partial charge in [-0.1, -0.05) is 66.8 Å². The molecular formula is C24H23NO3S. The average molecular weight is 406 g/mol. The van der Waals surface area contributed by atoms with Crippen LogP contribution in [0.25, 0.3) is 5.57 Å². The maximum atomic E-state index is 13.5. The molecule has 2 aromatic rings. The average Bonchev–Trinajstić information content (AvgIpc) is 3.16. The number of nitriles is 1. The van der Waals surface area contributed by atoms with Crippen molar-refractivity contribution in [2.24, 2.45) is 5.92 Å². The highest BCUT2D eigenvalue weighted by Gasteiger charge is 2.44. The lowest BCUT2D eigenvalue weighted by atomic mass is 9.88. The Morgan fingerprint density at radius 3 is 2.24 bits per heavy atom. The second kappa shape index (κ2) is 9.04. The van der Waals surface area contributed by atoms with Gasteiger partial charge in [-0.25, -0.2) is 8.42 Å². The summed E-state index contributed by atoms with van der Waals surface area (Å²) in [5, 5.41) is 16.4. The van der Waals surface area contributed by atoms with E-state index in [1.54, 1.807) is 30.3 Å². The van der Waals surface area contributed by atoms with Crippen molar-refractivity contribution < 1.29 is 13.5 Å². The van der Waals surface area contributed by atoms with Crippen molar-refractivity contribution in [3.8, 4) is 6.07 Å². The van der Waals surface area contributed by atoms with Crippen LogP contribution in [0.2, 0.25) is 0 Å². The monoisotopic (exact) mass is 405 g/mol. The van der Waals surface area contributed by atoms with E-state index in [1.807, 2.05) is 54.6 Å². The quantitative estimate of drug-likeness (QED) is 0.822. The van der Waals surface area contributed by atoms with Gasteiger partial charge in [0.05, 0.1) is 22.8 Å². The first-order valence-corrected chi connectivity index (χ1v) is 11.0. The molecule has 0 amide bonds. The van der Waals surface area contributed by atoms with Gasteiger partial charge in [0.2, 0.25) is 0 Å². The number of aliphatic hydroxyl groups excluding tert-OH is 1. The molecule has 4 nitrogen and oxygen atoms in total. The first-order chi connectivity index (χ1) is 14.0. The third kappa shape index (κ3) is 4.09. The number of aliphatic hydroxyl groups is 1. The standard InChI is InChI=1S/C22H20O3S.C2H3N/c23-15-17-10-7-13-19-20(17)14-21(16-8-3-1-4-9-16)22(19)26(24,25)18-11-5-2-6-12-18;1-2-3/h1-12,14,19,22-23H,13,15H2;1H3. The van der Waals surface area contributed by atoms with Gasteiger partial charge in [0.1, 0.15) is 0 Å². The summed E-state index contributed by atoms with van der Waals surface area (Å²) in [5.41, 5.74) is 3.47. The molecule has 1 N–H and O–H groups in total. The van der Waals surface area contributed by atoms with Crippen LogP contribution in [0.4, 0.5) is 0 Å². The van der Waals surface area contributed by atoms with Crippen LogP contribution in [-0.4, -0.2) is 25.4 Å². The molecule has 0 saturated heterocycles. The molecule has 0 radical (unpaired) electrons. The number of nitrogens with zero attached hydrogens (tertiary/aromatic N) is 1. The minimum Gasteiger partial charge on any atom is -0.392 e. The molecule has 0 aliphatic heterocycles. The smallest absolute Gasteiger partial charge is 0.186 e. The van der Waals surface area contributed by atoms with Gasteiger partial charge in [-0.2, -0.15) is 5.26 Å². The van der Waals surface area contributed by atoms with E-state index < -0.39 is 15.1 Å². The summed E-state index contributed by atoms with van der Waals surface area (Å²) in [5.74, 6) is -0.164. The maximum absolute atomic E-state index is 13.5. The Bertz CT molecular complexity index is 1090. The van der Waals surface area contributed by atoms with E-state index in [-0.39, 0.29) is 12.5 Å². The van der Waals surface area contributed by atoms with Crippen LogP contribution >= 0.6 is 0 Å². The van der Waals surface area contributed by atoms with Crippen molar-refractivity contribution in [2.45, 2.75) is 23.5 Å². The molecule has 2 aliphatic rings. The number of allylic oxidation sites excluding steroid dienone is 3. The van der Waals surface area contributed by atoms with E-state index >= 15 is 0 Å². The SMILES string of the molecule is CC#N.O=S(=O)(c1ccccc1)C1C(c2ccccc2)=CC2=C(CO)C=CCC21. The maximum Gasteiger partial charge on any atom is 0.186 e. The summed E-state index contributed by atoms with van der Waals surface area (Å²) in [6.07, 6.45) is 6.50. The second-order valence-electron chi connectivity index (χ2n) is 6.85. The van der Waals surface area contributed by atoms with Crippen LogP contribution < -0.4 is 0 Å². The molecule has 0 bridgehead atoms. The summed E-state index contributed by atoms with van der Waals surface area (Å²) in [6.45, 7) is 1.35. The number of hydrogen-bond donors (Lipinski definition) is 1. The van der Waals surface area contributed by atoms with Gasteiger partial charge in [0.15, 0.2) is 9.84 Å². The highest BCUT2D eigenvalue weighted by atomic mass is 32.2. The van der Waals surface area contributed by atoms with E-state index in [4.69, 9.17) is 5.26 Å². The normalized spacial score (nSPS) is 20.2. The Morgan fingerprint density at radius 1 is 1.07 bits per heavy atom. The predicted octanol–water partition coefficient (Wildman–Crippen LogP) is 4.32. The fourth-order valence-electron chi connectivity index (χ4n) is 3.93. The van der Waals surface area contributed by atoms with Crippen molar-refractivity contribution in [1.82, 2.24) is 0 Å². The second-order valence-corrected chi connectivity index (χ2v) is 8.92. The van der Waals surface area contributed by atoms with Crippen molar-refractivity contribution in [1.29, 1.82) is 5.26 Å². The Hall–Kier alpha value is -2.94. The summed E-state index contributed by atoms with van der Waals surface area (Å²) in [4.78, 5) is 0.341. The minimum atomic E-state index is -3.56. The molecule has 2 atom stereocenters. The van der Waals surface area contributed by atoms with Crippen LogP contribution in [0.5, 0.6) is 0 Å². The van der Waals surface area contributed by atoms with Crippen LogP contribution in [-0.2, 0) is 9.84 Å². The van der Waals surface area contributed by atoms with E-state index in [2.05, 4.69) is 0 Å². The van der Waals surface area contributed by atoms with Crippen molar-refractivity contribution in [2.75, 3.05) is 6.61 Å². The van der Waals surface area contributed by atoms with Gasteiger partial charge in [-0.3, -0.25) is 0 Å². The Kier molecular flexibility index (Phi) is 6.48. The number of rotatable bonds is 4. The zero-order chi connectivity index (χ0) is 20.9. The van der Waals surface area contributed by atoms with Crippen LogP contribution in [0, 0.1) is 17.2 Å². The molecule has 4 rings (SSSR count).